The Morgan fingerprint density at radius 2 is 1.81 bits per heavy atom. The zero-order valence-electron chi connectivity index (χ0n) is 15.5. The summed E-state index contributed by atoms with van der Waals surface area (Å²) < 4.78 is 5.06. The Hall–Kier alpha value is -2.67. The van der Waals surface area contributed by atoms with Crippen LogP contribution in [0.4, 0.5) is 10.7 Å². The summed E-state index contributed by atoms with van der Waals surface area (Å²) in [5.41, 5.74) is 3.45. The Morgan fingerprint density at radius 3 is 2.38 bits per heavy atom. The number of aryl methyl sites for hydroxylation is 2. The third kappa shape index (κ3) is 4.29. The van der Waals surface area contributed by atoms with Crippen molar-refractivity contribution in [3.63, 3.8) is 0 Å². The Labute approximate surface area is 156 Å². The van der Waals surface area contributed by atoms with Crippen molar-refractivity contribution in [3.8, 4) is 0 Å². The lowest BCUT2D eigenvalue weighted by atomic mass is 10.1. The molecular formula is C19H22N2O4S. The first-order chi connectivity index (χ1) is 12.2. The fraction of sp³-hybridized carbons (Fsp3) is 0.316. The van der Waals surface area contributed by atoms with Crippen LogP contribution in [0, 0.1) is 20.8 Å². The van der Waals surface area contributed by atoms with Gasteiger partial charge in [-0.15, -0.1) is 11.3 Å². The molecule has 0 saturated carbocycles. The van der Waals surface area contributed by atoms with Gasteiger partial charge in [-0.1, -0.05) is 17.7 Å². The Balaban J connectivity index is 2.40. The van der Waals surface area contributed by atoms with E-state index in [2.05, 4.69) is 10.6 Å². The highest BCUT2D eigenvalue weighted by atomic mass is 32.1. The van der Waals surface area contributed by atoms with Crippen molar-refractivity contribution in [1.82, 2.24) is 0 Å². The number of thiophene rings is 1. The molecule has 1 heterocycles. The number of benzene rings is 1. The fourth-order valence-electron chi connectivity index (χ4n) is 2.56. The molecule has 0 fully saturated rings. The van der Waals surface area contributed by atoms with E-state index < -0.39 is 5.97 Å². The summed E-state index contributed by atoms with van der Waals surface area (Å²) in [6, 6.07) is 5.73. The van der Waals surface area contributed by atoms with Gasteiger partial charge in [-0.2, -0.15) is 0 Å². The zero-order chi connectivity index (χ0) is 19.4. The summed E-state index contributed by atoms with van der Waals surface area (Å²) in [4.78, 5) is 36.8. The maximum atomic E-state index is 12.7. The van der Waals surface area contributed by atoms with Crippen LogP contribution < -0.4 is 10.6 Å². The third-order valence-corrected chi connectivity index (χ3v) is 4.96. The molecule has 26 heavy (non-hydrogen) atoms. The van der Waals surface area contributed by atoms with E-state index >= 15 is 0 Å². The number of rotatable bonds is 5. The topological polar surface area (TPSA) is 84.5 Å². The monoisotopic (exact) mass is 374 g/mol. The minimum Gasteiger partial charge on any atom is -0.462 e. The largest absolute Gasteiger partial charge is 0.462 e. The van der Waals surface area contributed by atoms with Crippen molar-refractivity contribution in [3.05, 3.63) is 45.3 Å². The van der Waals surface area contributed by atoms with E-state index in [1.807, 2.05) is 32.0 Å². The van der Waals surface area contributed by atoms with E-state index in [9.17, 15) is 14.4 Å². The number of hydrogen-bond acceptors (Lipinski definition) is 5. The van der Waals surface area contributed by atoms with Crippen LogP contribution >= 0.6 is 11.3 Å². The number of amides is 2. The van der Waals surface area contributed by atoms with Crippen molar-refractivity contribution in [1.29, 1.82) is 0 Å². The van der Waals surface area contributed by atoms with Crippen molar-refractivity contribution < 1.29 is 19.1 Å². The van der Waals surface area contributed by atoms with Gasteiger partial charge in [0.05, 0.1) is 17.0 Å². The van der Waals surface area contributed by atoms with Gasteiger partial charge in [0, 0.05) is 12.6 Å². The fourth-order valence-corrected chi connectivity index (χ4v) is 3.70. The zero-order valence-corrected chi connectivity index (χ0v) is 16.3. The molecule has 1 aromatic carbocycles. The number of anilines is 2. The van der Waals surface area contributed by atoms with Crippen LogP contribution in [0.25, 0.3) is 0 Å². The standard InChI is InChI=1S/C19H22N2O4S/c1-6-25-19(24)15-12(4)16(26-18(15)20-13(5)22)17(23)21-14-8-7-10(2)9-11(14)3/h7-9H,6H2,1-5H3,(H,20,22)(H,21,23). The summed E-state index contributed by atoms with van der Waals surface area (Å²) in [6.45, 7) is 8.82. The number of nitrogens with one attached hydrogen (secondary N) is 2. The molecule has 7 heteroatoms. The Kier molecular flexibility index (Phi) is 6.15. The second kappa shape index (κ2) is 8.14. The second-order valence-electron chi connectivity index (χ2n) is 5.93. The molecule has 1 aromatic heterocycles. The molecular weight excluding hydrogens is 352 g/mol. The average molecular weight is 374 g/mol. The minimum atomic E-state index is -0.560. The highest BCUT2D eigenvalue weighted by molar-refractivity contribution is 7.18. The Bertz CT molecular complexity index is 871. The molecule has 0 atom stereocenters. The number of carbonyl (C=O) groups is 3. The van der Waals surface area contributed by atoms with E-state index in [0.29, 0.717) is 21.1 Å². The van der Waals surface area contributed by atoms with Crippen LogP contribution in [0.15, 0.2) is 18.2 Å². The predicted molar refractivity (Wildman–Crippen MR) is 103 cm³/mol. The van der Waals surface area contributed by atoms with Crippen molar-refractivity contribution in [2.75, 3.05) is 17.2 Å². The van der Waals surface area contributed by atoms with Gasteiger partial charge < -0.3 is 15.4 Å². The van der Waals surface area contributed by atoms with E-state index in [0.717, 1.165) is 22.5 Å². The maximum absolute atomic E-state index is 12.7. The van der Waals surface area contributed by atoms with Crippen LogP contribution in [0.2, 0.25) is 0 Å². The van der Waals surface area contributed by atoms with E-state index in [1.165, 1.54) is 6.92 Å². The third-order valence-electron chi connectivity index (χ3n) is 3.75. The highest BCUT2D eigenvalue weighted by Gasteiger charge is 2.26. The molecule has 0 aliphatic carbocycles. The van der Waals surface area contributed by atoms with Crippen LogP contribution in [0.3, 0.4) is 0 Å². The van der Waals surface area contributed by atoms with Gasteiger partial charge in [-0.25, -0.2) is 4.79 Å². The van der Waals surface area contributed by atoms with E-state index in [1.54, 1.807) is 13.8 Å². The second-order valence-corrected chi connectivity index (χ2v) is 6.96. The number of esters is 1. The summed E-state index contributed by atoms with van der Waals surface area (Å²) >= 11 is 1.06. The van der Waals surface area contributed by atoms with Gasteiger partial charge in [-0.05, 0) is 44.9 Å². The normalized spacial score (nSPS) is 10.3. The number of hydrogen-bond donors (Lipinski definition) is 2. The molecule has 2 aromatic rings. The SMILES string of the molecule is CCOC(=O)c1c(NC(C)=O)sc(C(=O)Nc2ccc(C)cc2C)c1C. The number of ether oxygens (including phenoxy) is 1. The lowest BCUT2D eigenvalue weighted by Crippen LogP contribution is -2.14. The van der Waals surface area contributed by atoms with Gasteiger partial charge in [0.25, 0.3) is 5.91 Å². The van der Waals surface area contributed by atoms with Gasteiger partial charge in [0.2, 0.25) is 5.91 Å². The minimum absolute atomic E-state index is 0.206. The van der Waals surface area contributed by atoms with Crippen LogP contribution in [-0.4, -0.2) is 24.4 Å². The molecule has 0 radical (unpaired) electrons. The summed E-state index contributed by atoms with van der Waals surface area (Å²) in [5, 5.41) is 5.80. The van der Waals surface area contributed by atoms with Gasteiger partial charge >= 0.3 is 5.97 Å². The molecule has 6 nitrogen and oxygen atoms in total. The first-order valence-corrected chi connectivity index (χ1v) is 9.03. The summed E-state index contributed by atoms with van der Waals surface area (Å²) in [5.74, 6) is -1.21. The molecule has 0 spiro atoms. The van der Waals surface area contributed by atoms with Gasteiger partial charge in [0.1, 0.15) is 5.00 Å². The molecule has 138 valence electrons. The molecule has 2 N–H and O–H groups in total. The van der Waals surface area contributed by atoms with Crippen LogP contribution in [0.5, 0.6) is 0 Å². The van der Waals surface area contributed by atoms with Crippen molar-refractivity contribution >= 4 is 39.8 Å². The first-order valence-electron chi connectivity index (χ1n) is 8.21. The van der Waals surface area contributed by atoms with Gasteiger partial charge in [-0.3, -0.25) is 9.59 Å². The molecule has 0 bridgehead atoms. The number of carbonyl (C=O) groups excluding carboxylic acids is 3. The summed E-state index contributed by atoms with van der Waals surface area (Å²) in [7, 11) is 0. The average Bonchev–Trinajstić information content (AvgIpc) is 2.86. The maximum Gasteiger partial charge on any atom is 0.341 e. The lowest BCUT2D eigenvalue weighted by molar-refractivity contribution is -0.114. The molecule has 0 aliphatic heterocycles. The van der Waals surface area contributed by atoms with Crippen molar-refractivity contribution in [2.45, 2.75) is 34.6 Å². The quantitative estimate of drug-likeness (QED) is 0.773. The Morgan fingerprint density at radius 1 is 1.12 bits per heavy atom. The predicted octanol–water partition coefficient (Wildman–Crippen LogP) is 4.06. The molecule has 2 rings (SSSR count). The molecule has 2 amide bonds. The first kappa shape index (κ1) is 19.7. The summed E-state index contributed by atoms with van der Waals surface area (Å²) in [6.07, 6.45) is 0. The smallest absolute Gasteiger partial charge is 0.341 e. The molecule has 0 unspecified atom stereocenters. The molecule has 0 aliphatic rings. The van der Waals surface area contributed by atoms with Crippen LogP contribution in [0.1, 0.15) is 50.6 Å². The lowest BCUT2D eigenvalue weighted by Gasteiger charge is -2.09. The molecule has 0 saturated heterocycles. The van der Waals surface area contributed by atoms with Gasteiger partial charge in [0.15, 0.2) is 0 Å². The van der Waals surface area contributed by atoms with E-state index in [-0.39, 0.29) is 24.0 Å². The van der Waals surface area contributed by atoms with Crippen molar-refractivity contribution in [2.24, 2.45) is 0 Å². The van der Waals surface area contributed by atoms with E-state index in [4.69, 9.17) is 4.74 Å². The van der Waals surface area contributed by atoms with Crippen LogP contribution in [-0.2, 0) is 9.53 Å². The highest BCUT2D eigenvalue weighted by Crippen LogP contribution is 2.34.